The van der Waals surface area contributed by atoms with Crippen molar-refractivity contribution in [2.24, 2.45) is 5.73 Å². The van der Waals surface area contributed by atoms with Crippen LogP contribution in [0.25, 0.3) is 11.0 Å². The predicted octanol–water partition coefficient (Wildman–Crippen LogP) is 1.64. The van der Waals surface area contributed by atoms with Crippen LogP contribution in [0.5, 0.6) is 0 Å². The monoisotopic (exact) mass is 204 g/mol. The molecule has 1 aromatic carbocycles. The van der Waals surface area contributed by atoms with Crippen molar-refractivity contribution < 1.29 is 9.21 Å². The molecule has 15 heavy (non-hydrogen) atoms. The van der Waals surface area contributed by atoms with Crippen molar-refractivity contribution in [3.8, 4) is 0 Å². The Morgan fingerprint density at radius 3 is 3.00 bits per heavy atom. The SMILES string of the molecule is NC(=O)NCCc1coc2ccccc12. The molecule has 78 valence electrons. The Labute approximate surface area is 87.1 Å². The van der Waals surface area contributed by atoms with Crippen molar-refractivity contribution in [1.29, 1.82) is 0 Å². The summed E-state index contributed by atoms with van der Waals surface area (Å²) < 4.78 is 5.36. The normalized spacial score (nSPS) is 10.4. The number of carbonyl (C=O) groups excluding carboxylic acids is 1. The van der Waals surface area contributed by atoms with Crippen molar-refractivity contribution in [3.63, 3.8) is 0 Å². The van der Waals surface area contributed by atoms with Crippen LogP contribution in [0, 0.1) is 0 Å². The molecule has 0 aliphatic heterocycles. The van der Waals surface area contributed by atoms with Gasteiger partial charge in [0.2, 0.25) is 0 Å². The minimum Gasteiger partial charge on any atom is -0.464 e. The highest BCUT2D eigenvalue weighted by Gasteiger charge is 2.04. The molecule has 0 saturated heterocycles. The van der Waals surface area contributed by atoms with Gasteiger partial charge in [0.15, 0.2) is 0 Å². The minimum atomic E-state index is -0.497. The Hall–Kier alpha value is -1.97. The maximum Gasteiger partial charge on any atom is 0.312 e. The van der Waals surface area contributed by atoms with Gasteiger partial charge < -0.3 is 15.5 Å². The number of hydrogen-bond acceptors (Lipinski definition) is 2. The summed E-state index contributed by atoms with van der Waals surface area (Å²) in [6.07, 6.45) is 2.44. The molecule has 2 amide bonds. The number of nitrogens with one attached hydrogen (secondary N) is 1. The lowest BCUT2D eigenvalue weighted by Gasteiger charge is -1.99. The van der Waals surface area contributed by atoms with Gasteiger partial charge in [-0.2, -0.15) is 0 Å². The van der Waals surface area contributed by atoms with Crippen LogP contribution >= 0.6 is 0 Å². The van der Waals surface area contributed by atoms with E-state index < -0.39 is 6.03 Å². The lowest BCUT2D eigenvalue weighted by molar-refractivity contribution is 0.249. The number of amides is 2. The molecule has 3 N–H and O–H groups in total. The van der Waals surface area contributed by atoms with Crippen LogP contribution in [0.2, 0.25) is 0 Å². The van der Waals surface area contributed by atoms with Gasteiger partial charge in [0.1, 0.15) is 5.58 Å². The van der Waals surface area contributed by atoms with Crippen LogP contribution < -0.4 is 11.1 Å². The van der Waals surface area contributed by atoms with Gasteiger partial charge in [0.25, 0.3) is 0 Å². The molecule has 0 saturated carbocycles. The Kier molecular flexibility index (Phi) is 2.58. The number of benzene rings is 1. The number of carbonyl (C=O) groups is 1. The number of nitrogens with two attached hydrogens (primary N) is 1. The van der Waals surface area contributed by atoms with Crippen LogP contribution in [0.15, 0.2) is 34.9 Å². The largest absolute Gasteiger partial charge is 0.464 e. The summed E-state index contributed by atoms with van der Waals surface area (Å²) >= 11 is 0. The number of rotatable bonds is 3. The first-order valence-electron chi connectivity index (χ1n) is 4.76. The fraction of sp³-hybridized carbons (Fsp3) is 0.182. The van der Waals surface area contributed by atoms with E-state index in [-0.39, 0.29) is 0 Å². The molecular formula is C11H12N2O2. The van der Waals surface area contributed by atoms with E-state index in [0.717, 1.165) is 23.0 Å². The average molecular weight is 204 g/mol. The van der Waals surface area contributed by atoms with Gasteiger partial charge in [-0.05, 0) is 18.1 Å². The van der Waals surface area contributed by atoms with Gasteiger partial charge in [-0.1, -0.05) is 18.2 Å². The smallest absolute Gasteiger partial charge is 0.312 e. The summed E-state index contributed by atoms with van der Waals surface area (Å²) in [4.78, 5) is 10.5. The first-order valence-corrected chi connectivity index (χ1v) is 4.76. The second-order valence-corrected chi connectivity index (χ2v) is 3.30. The number of hydrogen-bond donors (Lipinski definition) is 2. The zero-order valence-electron chi connectivity index (χ0n) is 8.19. The first-order chi connectivity index (χ1) is 7.27. The molecule has 2 aromatic rings. The van der Waals surface area contributed by atoms with Gasteiger partial charge in [0, 0.05) is 11.9 Å². The van der Waals surface area contributed by atoms with Gasteiger partial charge in [0.05, 0.1) is 6.26 Å². The molecule has 4 nitrogen and oxygen atoms in total. The lowest BCUT2D eigenvalue weighted by Crippen LogP contribution is -2.30. The van der Waals surface area contributed by atoms with E-state index in [4.69, 9.17) is 10.2 Å². The summed E-state index contributed by atoms with van der Waals surface area (Å²) in [6, 6.07) is 7.31. The molecule has 2 rings (SSSR count). The summed E-state index contributed by atoms with van der Waals surface area (Å²) in [6.45, 7) is 0.527. The van der Waals surface area contributed by atoms with E-state index >= 15 is 0 Å². The highest BCUT2D eigenvalue weighted by Crippen LogP contribution is 2.20. The molecule has 0 spiro atoms. The average Bonchev–Trinajstić information content (AvgIpc) is 2.62. The second kappa shape index (κ2) is 4.04. The highest BCUT2D eigenvalue weighted by atomic mass is 16.3. The van der Waals surface area contributed by atoms with Gasteiger partial charge >= 0.3 is 6.03 Å². The quantitative estimate of drug-likeness (QED) is 0.798. The third-order valence-corrected chi connectivity index (χ3v) is 2.25. The molecule has 0 aliphatic carbocycles. The minimum absolute atomic E-state index is 0.497. The summed E-state index contributed by atoms with van der Waals surface area (Å²) in [5.74, 6) is 0. The van der Waals surface area contributed by atoms with Crippen LogP contribution in [0.3, 0.4) is 0 Å². The number of fused-ring (bicyclic) bond motifs is 1. The Morgan fingerprint density at radius 1 is 1.40 bits per heavy atom. The summed E-state index contributed by atoms with van der Waals surface area (Å²) in [5, 5.41) is 3.63. The van der Waals surface area contributed by atoms with Gasteiger partial charge in [-0.25, -0.2) is 4.79 Å². The molecule has 4 heteroatoms. The number of furan rings is 1. The second-order valence-electron chi connectivity index (χ2n) is 3.30. The Morgan fingerprint density at radius 2 is 2.20 bits per heavy atom. The summed E-state index contributed by atoms with van der Waals surface area (Å²) in [5.41, 5.74) is 6.92. The van der Waals surface area contributed by atoms with E-state index in [1.54, 1.807) is 6.26 Å². The molecule has 0 aliphatic rings. The molecule has 0 fully saturated rings. The zero-order chi connectivity index (χ0) is 10.7. The van der Waals surface area contributed by atoms with Crippen molar-refractivity contribution in [3.05, 3.63) is 36.1 Å². The predicted molar refractivity (Wildman–Crippen MR) is 57.5 cm³/mol. The van der Waals surface area contributed by atoms with Crippen LogP contribution in [-0.4, -0.2) is 12.6 Å². The molecule has 0 bridgehead atoms. The highest BCUT2D eigenvalue weighted by molar-refractivity contribution is 5.81. The fourth-order valence-corrected chi connectivity index (χ4v) is 1.55. The zero-order valence-corrected chi connectivity index (χ0v) is 8.19. The molecule has 0 radical (unpaired) electrons. The molecular weight excluding hydrogens is 192 g/mol. The van der Waals surface area contributed by atoms with E-state index in [1.807, 2.05) is 24.3 Å². The molecule has 0 unspecified atom stereocenters. The van der Waals surface area contributed by atoms with Crippen molar-refractivity contribution in [2.75, 3.05) is 6.54 Å². The van der Waals surface area contributed by atoms with Gasteiger partial charge in [-0.15, -0.1) is 0 Å². The maximum absolute atomic E-state index is 10.5. The van der Waals surface area contributed by atoms with Crippen molar-refractivity contribution in [2.45, 2.75) is 6.42 Å². The maximum atomic E-state index is 10.5. The topological polar surface area (TPSA) is 68.3 Å². The molecule has 1 aromatic heterocycles. The Bertz CT molecular complexity index is 476. The third kappa shape index (κ3) is 2.10. The van der Waals surface area contributed by atoms with Crippen LogP contribution in [0.1, 0.15) is 5.56 Å². The fourth-order valence-electron chi connectivity index (χ4n) is 1.55. The number of primary amides is 1. The Balaban J connectivity index is 2.11. The van der Waals surface area contributed by atoms with E-state index in [0.29, 0.717) is 6.54 Å². The van der Waals surface area contributed by atoms with Crippen LogP contribution in [-0.2, 0) is 6.42 Å². The molecule has 0 atom stereocenters. The van der Waals surface area contributed by atoms with E-state index in [1.165, 1.54) is 0 Å². The van der Waals surface area contributed by atoms with Crippen molar-refractivity contribution >= 4 is 17.0 Å². The third-order valence-electron chi connectivity index (χ3n) is 2.25. The van der Waals surface area contributed by atoms with E-state index in [9.17, 15) is 4.79 Å². The standard InChI is InChI=1S/C11H12N2O2/c12-11(14)13-6-5-8-7-15-10-4-2-1-3-9(8)10/h1-4,7H,5-6H2,(H3,12,13,14). The van der Waals surface area contributed by atoms with Crippen LogP contribution in [0.4, 0.5) is 4.79 Å². The molecule has 1 heterocycles. The number of urea groups is 1. The van der Waals surface area contributed by atoms with Gasteiger partial charge in [-0.3, -0.25) is 0 Å². The van der Waals surface area contributed by atoms with Crippen molar-refractivity contribution in [1.82, 2.24) is 5.32 Å². The van der Waals surface area contributed by atoms with E-state index in [2.05, 4.69) is 5.32 Å². The summed E-state index contributed by atoms with van der Waals surface area (Å²) in [7, 11) is 0. The first kappa shape index (κ1) is 9.58. The lowest BCUT2D eigenvalue weighted by atomic mass is 10.1. The number of para-hydroxylation sites is 1.